The van der Waals surface area contributed by atoms with Crippen LogP contribution >= 0.6 is 0 Å². The molecule has 0 aromatic heterocycles. The number of hydrogen-bond acceptors (Lipinski definition) is 3. The van der Waals surface area contributed by atoms with E-state index in [1.54, 1.807) is 12.1 Å². The first-order chi connectivity index (χ1) is 11.6. The third-order valence-electron chi connectivity index (χ3n) is 3.61. The molecule has 128 valence electrons. The fraction of sp³-hybridized carbons (Fsp3) is 0.316. The minimum atomic E-state index is 0.132. The zero-order chi connectivity index (χ0) is 17.4. The summed E-state index contributed by atoms with van der Waals surface area (Å²) in [6.07, 6.45) is 0. The van der Waals surface area contributed by atoms with Crippen LogP contribution < -0.4 is 10.1 Å². The molecule has 0 spiro atoms. The molecule has 5 heteroatoms. The van der Waals surface area contributed by atoms with E-state index in [2.05, 4.69) is 27.3 Å². The first-order valence-corrected chi connectivity index (χ1v) is 8.03. The van der Waals surface area contributed by atoms with Crippen molar-refractivity contribution in [3.8, 4) is 11.5 Å². The number of rotatable bonds is 6. The molecule has 0 aliphatic heterocycles. The van der Waals surface area contributed by atoms with Crippen LogP contribution in [0.3, 0.4) is 0 Å². The number of nitrogens with zero attached hydrogens (tertiary/aromatic N) is 2. The number of nitrogens with one attached hydrogen (secondary N) is 1. The minimum Gasteiger partial charge on any atom is -0.504 e. The Morgan fingerprint density at radius 1 is 1.17 bits per heavy atom. The molecule has 0 atom stereocenters. The molecule has 2 aromatic carbocycles. The molecule has 0 aliphatic rings. The first kappa shape index (κ1) is 17.7. The Bertz CT molecular complexity index is 672. The van der Waals surface area contributed by atoms with Gasteiger partial charge < -0.3 is 20.1 Å². The van der Waals surface area contributed by atoms with Gasteiger partial charge in [-0.15, -0.1) is 0 Å². The highest BCUT2D eigenvalue weighted by atomic mass is 16.5. The van der Waals surface area contributed by atoms with E-state index in [1.807, 2.05) is 38.2 Å². The Labute approximate surface area is 143 Å². The van der Waals surface area contributed by atoms with Gasteiger partial charge in [0.25, 0.3) is 0 Å². The van der Waals surface area contributed by atoms with Crippen LogP contribution in [-0.4, -0.2) is 36.7 Å². The molecule has 0 unspecified atom stereocenters. The minimum absolute atomic E-state index is 0.132. The maximum atomic E-state index is 9.86. The van der Waals surface area contributed by atoms with Crippen LogP contribution in [0.5, 0.6) is 11.5 Å². The number of phenolic OH excluding ortho intramolecular Hbond substituents is 1. The molecule has 2 aromatic rings. The van der Waals surface area contributed by atoms with E-state index in [0.717, 1.165) is 24.6 Å². The third-order valence-corrected chi connectivity index (χ3v) is 3.61. The van der Waals surface area contributed by atoms with Gasteiger partial charge in [0.05, 0.1) is 13.7 Å². The maximum Gasteiger partial charge on any atom is 0.194 e. The average Bonchev–Trinajstić information content (AvgIpc) is 2.59. The summed E-state index contributed by atoms with van der Waals surface area (Å²) < 4.78 is 5.06. The van der Waals surface area contributed by atoms with E-state index in [-0.39, 0.29) is 5.75 Å². The summed E-state index contributed by atoms with van der Waals surface area (Å²) in [7, 11) is 3.55. The first-order valence-electron chi connectivity index (χ1n) is 8.03. The van der Waals surface area contributed by atoms with E-state index in [4.69, 9.17) is 4.74 Å². The van der Waals surface area contributed by atoms with E-state index >= 15 is 0 Å². The number of guanidine groups is 1. The van der Waals surface area contributed by atoms with Gasteiger partial charge in [0.1, 0.15) is 0 Å². The van der Waals surface area contributed by atoms with Gasteiger partial charge in [0.15, 0.2) is 17.5 Å². The van der Waals surface area contributed by atoms with Crippen LogP contribution in [0, 0.1) is 0 Å². The maximum absolute atomic E-state index is 9.86. The number of aromatic hydroxyl groups is 1. The van der Waals surface area contributed by atoms with Gasteiger partial charge in [-0.05, 0) is 30.2 Å². The van der Waals surface area contributed by atoms with Crippen LogP contribution in [0.2, 0.25) is 0 Å². The molecule has 0 bridgehead atoms. The highest BCUT2D eigenvalue weighted by Gasteiger charge is 2.07. The standard InChI is InChI=1S/C19H25N3O2/c1-4-20-19(22(2)14-15-8-6-5-7-9-15)21-13-16-10-11-18(24-3)17(23)12-16/h5-12,23H,4,13-14H2,1-3H3,(H,20,21). The second-order valence-corrected chi connectivity index (χ2v) is 5.52. The number of ether oxygens (including phenoxy) is 1. The van der Waals surface area contributed by atoms with Crippen molar-refractivity contribution >= 4 is 5.96 Å². The van der Waals surface area contributed by atoms with Crippen LogP contribution in [-0.2, 0) is 13.1 Å². The molecule has 0 heterocycles. The molecule has 24 heavy (non-hydrogen) atoms. The van der Waals surface area contributed by atoms with Crippen molar-refractivity contribution in [1.29, 1.82) is 0 Å². The van der Waals surface area contributed by atoms with Gasteiger partial charge in [-0.1, -0.05) is 36.4 Å². The Morgan fingerprint density at radius 3 is 2.54 bits per heavy atom. The monoisotopic (exact) mass is 327 g/mol. The van der Waals surface area contributed by atoms with Crippen molar-refractivity contribution in [3.63, 3.8) is 0 Å². The predicted octanol–water partition coefficient (Wildman–Crippen LogP) is 3.00. The summed E-state index contributed by atoms with van der Waals surface area (Å²) >= 11 is 0. The fourth-order valence-electron chi connectivity index (χ4n) is 2.40. The van der Waals surface area contributed by atoms with E-state index < -0.39 is 0 Å². The number of methoxy groups -OCH3 is 1. The van der Waals surface area contributed by atoms with E-state index in [1.165, 1.54) is 12.7 Å². The third kappa shape index (κ3) is 4.91. The summed E-state index contributed by atoms with van der Waals surface area (Å²) in [5.41, 5.74) is 2.16. The zero-order valence-corrected chi connectivity index (χ0v) is 14.5. The van der Waals surface area contributed by atoms with Crippen molar-refractivity contribution in [1.82, 2.24) is 10.2 Å². The van der Waals surface area contributed by atoms with Gasteiger partial charge in [-0.25, -0.2) is 4.99 Å². The van der Waals surface area contributed by atoms with E-state index in [0.29, 0.717) is 12.3 Å². The Kier molecular flexibility index (Phi) is 6.49. The molecule has 0 fully saturated rings. The molecule has 0 saturated heterocycles. The summed E-state index contributed by atoms with van der Waals surface area (Å²) in [4.78, 5) is 6.74. The van der Waals surface area contributed by atoms with Crippen molar-refractivity contribution in [2.45, 2.75) is 20.0 Å². The lowest BCUT2D eigenvalue weighted by atomic mass is 10.2. The smallest absolute Gasteiger partial charge is 0.194 e. The zero-order valence-electron chi connectivity index (χ0n) is 14.5. The Balaban J connectivity index is 2.08. The van der Waals surface area contributed by atoms with E-state index in [9.17, 15) is 5.11 Å². The molecule has 0 saturated carbocycles. The number of phenols is 1. The molecular weight excluding hydrogens is 302 g/mol. The van der Waals surface area contributed by atoms with Crippen LogP contribution in [0.1, 0.15) is 18.1 Å². The second-order valence-electron chi connectivity index (χ2n) is 5.52. The molecule has 0 amide bonds. The van der Waals surface area contributed by atoms with Gasteiger partial charge >= 0.3 is 0 Å². The second kappa shape index (κ2) is 8.82. The lowest BCUT2D eigenvalue weighted by Crippen LogP contribution is -2.38. The Morgan fingerprint density at radius 2 is 1.92 bits per heavy atom. The van der Waals surface area contributed by atoms with Crippen molar-refractivity contribution < 1.29 is 9.84 Å². The van der Waals surface area contributed by atoms with Crippen LogP contribution in [0.25, 0.3) is 0 Å². The lowest BCUT2D eigenvalue weighted by Gasteiger charge is -2.22. The molecular formula is C19H25N3O2. The highest BCUT2D eigenvalue weighted by Crippen LogP contribution is 2.26. The van der Waals surface area contributed by atoms with Crippen molar-refractivity contribution in [2.24, 2.45) is 4.99 Å². The quantitative estimate of drug-likeness (QED) is 0.632. The normalized spacial score (nSPS) is 11.2. The number of benzene rings is 2. The van der Waals surface area contributed by atoms with Gasteiger partial charge in [-0.2, -0.15) is 0 Å². The van der Waals surface area contributed by atoms with Crippen molar-refractivity contribution in [2.75, 3.05) is 20.7 Å². The van der Waals surface area contributed by atoms with Gasteiger partial charge in [-0.3, -0.25) is 0 Å². The molecule has 2 rings (SSSR count). The topological polar surface area (TPSA) is 57.1 Å². The molecule has 2 N–H and O–H groups in total. The molecule has 0 radical (unpaired) electrons. The average molecular weight is 327 g/mol. The largest absolute Gasteiger partial charge is 0.504 e. The summed E-state index contributed by atoms with van der Waals surface area (Å²) in [5.74, 6) is 1.43. The highest BCUT2D eigenvalue weighted by molar-refractivity contribution is 5.79. The fourth-order valence-corrected chi connectivity index (χ4v) is 2.40. The molecule has 5 nitrogen and oxygen atoms in total. The van der Waals surface area contributed by atoms with Crippen molar-refractivity contribution in [3.05, 3.63) is 59.7 Å². The summed E-state index contributed by atoms with van der Waals surface area (Å²) in [5, 5.41) is 13.2. The SMILES string of the molecule is CCNC(=NCc1ccc(OC)c(O)c1)N(C)Cc1ccccc1. The molecule has 0 aliphatic carbocycles. The van der Waals surface area contributed by atoms with Gasteiger partial charge in [0.2, 0.25) is 0 Å². The lowest BCUT2D eigenvalue weighted by molar-refractivity contribution is 0.373. The van der Waals surface area contributed by atoms with Gasteiger partial charge in [0, 0.05) is 20.1 Å². The number of aliphatic imine (C=N–C) groups is 1. The van der Waals surface area contributed by atoms with Crippen LogP contribution in [0.15, 0.2) is 53.5 Å². The van der Waals surface area contributed by atoms with Crippen LogP contribution in [0.4, 0.5) is 0 Å². The summed E-state index contributed by atoms with van der Waals surface area (Å²) in [6, 6.07) is 15.6. The number of hydrogen-bond donors (Lipinski definition) is 2. The predicted molar refractivity (Wildman–Crippen MR) is 97.4 cm³/mol. The Hall–Kier alpha value is -2.69. The summed E-state index contributed by atoms with van der Waals surface area (Å²) in [6.45, 7) is 4.11.